The van der Waals surface area contributed by atoms with Crippen molar-refractivity contribution >= 4 is 11.8 Å². The van der Waals surface area contributed by atoms with E-state index in [1.807, 2.05) is 72.5 Å². The summed E-state index contributed by atoms with van der Waals surface area (Å²) in [4.78, 5) is 5.73. The highest BCUT2D eigenvalue weighted by Gasteiger charge is 2.24. The van der Waals surface area contributed by atoms with Gasteiger partial charge in [0, 0.05) is 10.5 Å². The van der Waals surface area contributed by atoms with Gasteiger partial charge in [-0.15, -0.1) is 11.8 Å². The van der Waals surface area contributed by atoms with Gasteiger partial charge in [0.25, 0.3) is 5.89 Å². The molecule has 0 radical (unpaired) electrons. The van der Waals surface area contributed by atoms with E-state index in [4.69, 9.17) is 19.1 Å². The molecule has 1 atom stereocenters. The maximum atomic E-state index is 6.07. The van der Waals surface area contributed by atoms with Gasteiger partial charge in [0.2, 0.25) is 5.82 Å². The lowest BCUT2D eigenvalue weighted by molar-refractivity contribution is -0.00115. The van der Waals surface area contributed by atoms with Crippen molar-refractivity contribution in [3.63, 3.8) is 0 Å². The number of fused-ring (bicyclic) bond motifs is 1. The summed E-state index contributed by atoms with van der Waals surface area (Å²) in [6.07, 6.45) is 1.98. The van der Waals surface area contributed by atoms with Crippen molar-refractivity contribution in [2.24, 2.45) is 0 Å². The quantitative estimate of drug-likeness (QED) is 0.396. The molecule has 1 aliphatic rings. The molecule has 0 fully saturated rings. The van der Waals surface area contributed by atoms with Crippen LogP contribution in [0.1, 0.15) is 24.3 Å². The second kappa shape index (κ2) is 8.56. The average molecular weight is 435 g/mol. The molecule has 158 valence electrons. The normalized spacial score (nSPS) is 15.6. The summed E-state index contributed by atoms with van der Waals surface area (Å²) in [7, 11) is 0. The first kappa shape index (κ1) is 19.8. The van der Waals surface area contributed by atoms with Gasteiger partial charge in [-0.05, 0) is 61.2 Å². The third-order valence-electron chi connectivity index (χ3n) is 5.19. The van der Waals surface area contributed by atoms with E-state index >= 15 is 0 Å². The third-order valence-corrected chi connectivity index (χ3v) is 5.93. The van der Waals surface area contributed by atoms with Gasteiger partial charge in [-0.25, -0.2) is 0 Å². The minimum atomic E-state index is -0.0656. The second-order valence-electron chi connectivity index (χ2n) is 7.16. The number of aromatic nitrogens is 4. The summed E-state index contributed by atoms with van der Waals surface area (Å²) in [5.41, 5.74) is 3.65. The van der Waals surface area contributed by atoms with Crippen LogP contribution in [-0.4, -0.2) is 32.8 Å². The van der Waals surface area contributed by atoms with Gasteiger partial charge in [0.05, 0.1) is 25.5 Å². The molecule has 31 heavy (non-hydrogen) atoms. The van der Waals surface area contributed by atoms with Gasteiger partial charge in [0.1, 0.15) is 11.9 Å². The fourth-order valence-corrected chi connectivity index (χ4v) is 3.97. The van der Waals surface area contributed by atoms with E-state index in [2.05, 4.69) is 10.1 Å². The molecule has 3 heterocycles. The van der Waals surface area contributed by atoms with Gasteiger partial charge < -0.3 is 14.0 Å². The second-order valence-corrected chi connectivity index (χ2v) is 8.04. The van der Waals surface area contributed by atoms with Gasteiger partial charge in [-0.1, -0.05) is 17.3 Å². The lowest BCUT2D eigenvalue weighted by Gasteiger charge is -2.24. The van der Waals surface area contributed by atoms with Crippen molar-refractivity contribution in [2.75, 3.05) is 12.9 Å². The Kier molecular flexibility index (Phi) is 5.48. The van der Waals surface area contributed by atoms with Crippen molar-refractivity contribution in [1.82, 2.24) is 19.9 Å². The first-order valence-corrected chi connectivity index (χ1v) is 11.4. The predicted octanol–water partition coefficient (Wildman–Crippen LogP) is 4.99. The van der Waals surface area contributed by atoms with Crippen molar-refractivity contribution in [3.05, 3.63) is 65.9 Å². The largest absolute Gasteiger partial charge is 0.494 e. The summed E-state index contributed by atoms with van der Waals surface area (Å²) in [5.74, 6) is 1.82. The molecule has 0 saturated heterocycles. The van der Waals surface area contributed by atoms with E-state index in [-0.39, 0.29) is 6.10 Å². The molecular weight excluding hydrogens is 412 g/mol. The lowest BCUT2D eigenvalue weighted by atomic mass is 10.1. The average Bonchev–Trinajstić information content (AvgIpc) is 3.47. The SMILES string of the molecule is CCOc1ccc([C@@H]2Cn3nc(-c4nc(-c5ccc(SC)cc5)no4)cc3CO2)cc1. The van der Waals surface area contributed by atoms with E-state index in [0.717, 1.165) is 22.6 Å². The molecule has 0 spiro atoms. The zero-order valence-corrected chi connectivity index (χ0v) is 18.1. The highest BCUT2D eigenvalue weighted by Crippen LogP contribution is 2.30. The minimum absolute atomic E-state index is 0.0656. The maximum Gasteiger partial charge on any atom is 0.278 e. The summed E-state index contributed by atoms with van der Waals surface area (Å²) in [6, 6.07) is 18.0. The molecule has 4 aromatic rings. The fourth-order valence-electron chi connectivity index (χ4n) is 3.56. The Hall–Kier alpha value is -3.10. The number of ether oxygens (including phenoxy) is 2. The molecule has 8 heteroatoms. The summed E-state index contributed by atoms with van der Waals surface area (Å²) >= 11 is 1.70. The van der Waals surface area contributed by atoms with Crippen LogP contribution in [0.3, 0.4) is 0 Å². The molecule has 7 nitrogen and oxygen atoms in total. The summed E-state index contributed by atoms with van der Waals surface area (Å²) < 4.78 is 19.0. The third kappa shape index (κ3) is 4.08. The highest BCUT2D eigenvalue weighted by atomic mass is 32.2. The van der Waals surface area contributed by atoms with Gasteiger partial charge in [-0.2, -0.15) is 10.1 Å². The molecule has 2 aromatic heterocycles. The van der Waals surface area contributed by atoms with Gasteiger partial charge >= 0.3 is 0 Å². The molecular formula is C23H22N4O3S. The van der Waals surface area contributed by atoms with Gasteiger partial charge in [0.15, 0.2) is 5.69 Å². The Bertz CT molecular complexity index is 1170. The van der Waals surface area contributed by atoms with Crippen LogP contribution in [0.2, 0.25) is 0 Å². The Morgan fingerprint density at radius 3 is 2.68 bits per heavy atom. The van der Waals surface area contributed by atoms with Crippen LogP contribution >= 0.6 is 11.8 Å². The molecule has 5 rings (SSSR count). The number of thioether (sulfide) groups is 1. The minimum Gasteiger partial charge on any atom is -0.494 e. The summed E-state index contributed by atoms with van der Waals surface area (Å²) in [5, 5.41) is 8.82. The van der Waals surface area contributed by atoms with Crippen LogP contribution in [0.4, 0.5) is 0 Å². The predicted molar refractivity (Wildman–Crippen MR) is 118 cm³/mol. The van der Waals surface area contributed by atoms with Crippen LogP contribution in [0, 0.1) is 0 Å². The van der Waals surface area contributed by atoms with Crippen molar-refractivity contribution in [2.45, 2.75) is 31.1 Å². The zero-order chi connectivity index (χ0) is 21.2. The van der Waals surface area contributed by atoms with Crippen molar-refractivity contribution in [3.8, 4) is 28.7 Å². The van der Waals surface area contributed by atoms with Gasteiger partial charge in [-0.3, -0.25) is 4.68 Å². The Balaban J connectivity index is 1.33. The van der Waals surface area contributed by atoms with E-state index in [1.54, 1.807) is 11.8 Å². The number of benzene rings is 2. The zero-order valence-electron chi connectivity index (χ0n) is 17.3. The molecule has 1 aliphatic heterocycles. The monoisotopic (exact) mass is 434 g/mol. The van der Waals surface area contributed by atoms with Crippen molar-refractivity contribution < 1.29 is 14.0 Å². The molecule has 0 unspecified atom stereocenters. The molecule has 0 amide bonds. The number of hydrogen-bond acceptors (Lipinski definition) is 7. The molecule has 0 N–H and O–H groups in total. The summed E-state index contributed by atoms with van der Waals surface area (Å²) in [6.45, 7) is 3.73. The van der Waals surface area contributed by atoms with Crippen LogP contribution in [0.15, 0.2) is 64.0 Å². The topological polar surface area (TPSA) is 75.2 Å². The van der Waals surface area contributed by atoms with E-state index in [0.29, 0.717) is 37.2 Å². The van der Waals surface area contributed by atoms with E-state index in [1.165, 1.54) is 4.90 Å². The number of hydrogen-bond donors (Lipinski definition) is 0. The van der Waals surface area contributed by atoms with Crippen LogP contribution in [0.5, 0.6) is 5.75 Å². The number of rotatable bonds is 6. The first-order valence-electron chi connectivity index (χ1n) is 10.1. The lowest BCUT2D eigenvalue weighted by Crippen LogP contribution is -2.21. The van der Waals surface area contributed by atoms with Crippen molar-refractivity contribution in [1.29, 1.82) is 0 Å². The fraction of sp³-hybridized carbons (Fsp3) is 0.261. The Labute approximate surface area is 184 Å². The number of nitrogens with zero attached hydrogens (tertiary/aromatic N) is 4. The molecule has 0 bridgehead atoms. The smallest absolute Gasteiger partial charge is 0.278 e. The van der Waals surface area contributed by atoms with E-state index < -0.39 is 0 Å². The molecule has 0 saturated carbocycles. The highest BCUT2D eigenvalue weighted by molar-refractivity contribution is 7.98. The maximum absolute atomic E-state index is 6.07. The van der Waals surface area contributed by atoms with Crippen LogP contribution < -0.4 is 4.74 Å². The first-order chi connectivity index (χ1) is 15.2. The Morgan fingerprint density at radius 2 is 1.94 bits per heavy atom. The van der Waals surface area contributed by atoms with Crippen LogP contribution in [-0.2, 0) is 17.9 Å². The van der Waals surface area contributed by atoms with Crippen LogP contribution in [0.25, 0.3) is 23.0 Å². The van der Waals surface area contributed by atoms with E-state index in [9.17, 15) is 0 Å². The molecule has 2 aromatic carbocycles. The Morgan fingerprint density at radius 1 is 1.13 bits per heavy atom. The molecule has 0 aliphatic carbocycles. The standard InChI is InChI=1S/C23H22N4O3S/c1-3-28-18-8-4-15(5-9-18)21-13-27-17(14-29-21)12-20(25-27)23-24-22(26-30-23)16-6-10-19(31-2)11-7-16/h4-12,21H,3,13-14H2,1-2H3/t21-/m0/s1.